The van der Waals surface area contributed by atoms with Crippen LogP contribution < -0.4 is 5.73 Å². The summed E-state index contributed by atoms with van der Waals surface area (Å²) in [6.45, 7) is 2.01. The van der Waals surface area contributed by atoms with E-state index in [0.717, 1.165) is 24.8 Å². The Labute approximate surface area is 96.8 Å². The van der Waals surface area contributed by atoms with Gasteiger partial charge in [0.05, 0.1) is 6.54 Å². The molecule has 0 aromatic heterocycles. The molecule has 15 heavy (non-hydrogen) atoms. The Kier molecular flexibility index (Phi) is 3.26. The molecule has 2 atom stereocenters. The number of likely N-dealkylation sites (tertiary alicyclic amines) is 1. The fourth-order valence-corrected chi connectivity index (χ4v) is 3.44. The van der Waals surface area contributed by atoms with E-state index in [0.29, 0.717) is 5.41 Å². The Morgan fingerprint density at radius 3 is 2.93 bits per heavy atom. The first kappa shape index (κ1) is 11.3. The van der Waals surface area contributed by atoms with E-state index in [2.05, 4.69) is 12.6 Å². The third-order valence-corrected chi connectivity index (χ3v) is 4.54. The lowest BCUT2D eigenvalue weighted by Crippen LogP contribution is -2.35. The average molecular weight is 228 g/mol. The van der Waals surface area contributed by atoms with Crippen LogP contribution in [0, 0.1) is 11.3 Å². The number of amides is 1. The molecule has 0 aromatic carbocycles. The summed E-state index contributed by atoms with van der Waals surface area (Å²) < 4.78 is 0. The van der Waals surface area contributed by atoms with Crippen molar-refractivity contribution in [2.75, 3.05) is 25.4 Å². The van der Waals surface area contributed by atoms with Crippen molar-refractivity contribution < 1.29 is 4.79 Å². The van der Waals surface area contributed by atoms with Gasteiger partial charge in [-0.05, 0) is 42.8 Å². The van der Waals surface area contributed by atoms with Crippen LogP contribution in [0.1, 0.15) is 25.7 Å². The normalized spacial score (nSPS) is 35.3. The van der Waals surface area contributed by atoms with E-state index in [1.165, 1.54) is 25.7 Å². The zero-order valence-electron chi connectivity index (χ0n) is 9.11. The molecule has 2 aliphatic rings. The molecule has 0 unspecified atom stereocenters. The van der Waals surface area contributed by atoms with E-state index >= 15 is 0 Å². The molecule has 3 nitrogen and oxygen atoms in total. The lowest BCUT2D eigenvalue weighted by atomic mass is 9.85. The molecule has 0 aromatic rings. The van der Waals surface area contributed by atoms with E-state index in [9.17, 15) is 4.79 Å². The van der Waals surface area contributed by atoms with Crippen LogP contribution in [0.2, 0.25) is 0 Å². The molecule has 2 N–H and O–H groups in total. The van der Waals surface area contributed by atoms with Gasteiger partial charge in [-0.25, -0.2) is 0 Å². The summed E-state index contributed by atoms with van der Waals surface area (Å²) in [6.07, 6.45) is 4.98. The van der Waals surface area contributed by atoms with Crippen LogP contribution in [0.4, 0.5) is 0 Å². The first-order chi connectivity index (χ1) is 7.19. The van der Waals surface area contributed by atoms with Crippen LogP contribution >= 0.6 is 12.6 Å². The van der Waals surface area contributed by atoms with Crippen molar-refractivity contribution in [2.45, 2.75) is 25.7 Å². The van der Waals surface area contributed by atoms with Gasteiger partial charge in [0.1, 0.15) is 0 Å². The van der Waals surface area contributed by atoms with Gasteiger partial charge >= 0.3 is 0 Å². The SMILES string of the molecule is NCC(=O)N1CC[C@]2(CC[C@@H](CS)C2)C1. The maximum absolute atomic E-state index is 11.5. The number of thiol groups is 1. The summed E-state index contributed by atoms with van der Waals surface area (Å²) in [5.41, 5.74) is 5.80. The van der Waals surface area contributed by atoms with Crippen LogP contribution in [-0.2, 0) is 4.79 Å². The van der Waals surface area contributed by atoms with Gasteiger partial charge in [-0.1, -0.05) is 0 Å². The van der Waals surface area contributed by atoms with Gasteiger partial charge in [-0.2, -0.15) is 12.6 Å². The fraction of sp³-hybridized carbons (Fsp3) is 0.909. The molecule has 1 aliphatic heterocycles. The highest BCUT2D eigenvalue weighted by atomic mass is 32.1. The van der Waals surface area contributed by atoms with Crippen LogP contribution in [0.5, 0.6) is 0 Å². The fourth-order valence-electron chi connectivity index (χ4n) is 3.13. The lowest BCUT2D eigenvalue weighted by Gasteiger charge is -2.23. The topological polar surface area (TPSA) is 46.3 Å². The quantitative estimate of drug-likeness (QED) is 0.690. The van der Waals surface area contributed by atoms with E-state index in [1.54, 1.807) is 0 Å². The first-order valence-corrected chi connectivity index (χ1v) is 6.41. The third kappa shape index (κ3) is 2.16. The average Bonchev–Trinajstić information content (AvgIpc) is 2.86. The van der Waals surface area contributed by atoms with Gasteiger partial charge in [0.15, 0.2) is 0 Å². The monoisotopic (exact) mass is 228 g/mol. The van der Waals surface area contributed by atoms with Crippen molar-refractivity contribution in [2.24, 2.45) is 17.1 Å². The molecule has 0 bridgehead atoms. The van der Waals surface area contributed by atoms with Crippen molar-refractivity contribution in [3.8, 4) is 0 Å². The van der Waals surface area contributed by atoms with Crippen LogP contribution in [0.15, 0.2) is 0 Å². The smallest absolute Gasteiger partial charge is 0.236 e. The molecular formula is C11H20N2OS. The van der Waals surface area contributed by atoms with E-state index < -0.39 is 0 Å². The molecule has 2 rings (SSSR count). The number of carbonyl (C=O) groups is 1. The molecule has 1 amide bonds. The van der Waals surface area contributed by atoms with Gasteiger partial charge in [0, 0.05) is 13.1 Å². The largest absolute Gasteiger partial charge is 0.341 e. The predicted molar refractivity (Wildman–Crippen MR) is 63.9 cm³/mol. The summed E-state index contributed by atoms with van der Waals surface area (Å²) in [5, 5.41) is 0. The van der Waals surface area contributed by atoms with Gasteiger partial charge in [0.2, 0.25) is 5.91 Å². The molecular weight excluding hydrogens is 208 g/mol. The van der Waals surface area contributed by atoms with Crippen LogP contribution in [0.3, 0.4) is 0 Å². The van der Waals surface area contributed by atoms with Crippen LogP contribution in [0.25, 0.3) is 0 Å². The van der Waals surface area contributed by atoms with Crippen molar-refractivity contribution in [3.05, 3.63) is 0 Å². The zero-order chi connectivity index (χ0) is 10.9. The highest BCUT2D eigenvalue weighted by molar-refractivity contribution is 7.80. The Morgan fingerprint density at radius 1 is 1.53 bits per heavy atom. The molecule has 86 valence electrons. The van der Waals surface area contributed by atoms with E-state index in [4.69, 9.17) is 5.73 Å². The van der Waals surface area contributed by atoms with E-state index in [1.807, 2.05) is 4.90 Å². The summed E-state index contributed by atoms with van der Waals surface area (Å²) in [7, 11) is 0. The minimum absolute atomic E-state index is 0.112. The Hall–Kier alpha value is -0.220. The maximum atomic E-state index is 11.5. The summed E-state index contributed by atoms with van der Waals surface area (Å²) in [5.74, 6) is 1.87. The highest BCUT2D eigenvalue weighted by Gasteiger charge is 2.44. The van der Waals surface area contributed by atoms with Gasteiger partial charge in [-0.15, -0.1) is 0 Å². The first-order valence-electron chi connectivity index (χ1n) is 5.78. The van der Waals surface area contributed by atoms with Crippen molar-refractivity contribution in [1.29, 1.82) is 0 Å². The number of nitrogens with zero attached hydrogens (tertiary/aromatic N) is 1. The summed E-state index contributed by atoms with van der Waals surface area (Å²) in [4.78, 5) is 13.4. The minimum Gasteiger partial charge on any atom is -0.341 e. The van der Waals surface area contributed by atoms with Crippen molar-refractivity contribution >= 4 is 18.5 Å². The van der Waals surface area contributed by atoms with Crippen LogP contribution in [-0.4, -0.2) is 36.2 Å². The van der Waals surface area contributed by atoms with Gasteiger partial charge in [0.25, 0.3) is 0 Å². The van der Waals surface area contributed by atoms with Gasteiger partial charge < -0.3 is 10.6 Å². The molecule has 4 heteroatoms. The summed E-state index contributed by atoms with van der Waals surface area (Å²) >= 11 is 4.37. The summed E-state index contributed by atoms with van der Waals surface area (Å²) in [6, 6.07) is 0. The molecule has 1 heterocycles. The second kappa shape index (κ2) is 4.34. The second-order valence-electron chi connectivity index (χ2n) is 5.06. The molecule has 1 saturated carbocycles. The van der Waals surface area contributed by atoms with Crippen molar-refractivity contribution in [1.82, 2.24) is 4.90 Å². The number of carbonyl (C=O) groups excluding carboxylic acids is 1. The van der Waals surface area contributed by atoms with Crippen molar-refractivity contribution in [3.63, 3.8) is 0 Å². The number of rotatable bonds is 2. The maximum Gasteiger partial charge on any atom is 0.236 e. The molecule has 1 saturated heterocycles. The zero-order valence-corrected chi connectivity index (χ0v) is 10.0. The standard InChI is InChI=1S/C11H20N2OS/c12-6-10(14)13-4-3-11(8-13)2-1-9(5-11)7-15/h9,15H,1-8,12H2/t9-,11+/m1/s1. The third-order valence-electron chi connectivity index (χ3n) is 4.03. The lowest BCUT2D eigenvalue weighted by molar-refractivity contribution is -0.129. The second-order valence-corrected chi connectivity index (χ2v) is 5.43. The number of hydrogen-bond acceptors (Lipinski definition) is 3. The molecule has 2 fully saturated rings. The molecule has 1 aliphatic carbocycles. The Morgan fingerprint density at radius 2 is 2.33 bits per heavy atom. The molecule has 1 spiro atoms. The Bertz CT molecular complexity index is 259. The molecule has 0 radical (unpaired) electrons. The highest BCUT2D eigenvalue weighted by Crippen LogP contribution is 2.48. The van der Waals surface area contributed by atoms with E-state index in [-0.39, 0.29) is 12.5 Å². The number of hydrogen-bond donors (Lipinski definition) is 2. The predicted octanol–water partition coefficient (Wildman–Crippen LogP) is 0.894. The Balaban J connectivity index is 1.94. The van der Waals surface area contributed by atoms with Gasteiger partial charge in [-0.3, -0.25) is 4.79 Å². The minimum atomic E-state index is 0.112. The number of nitrogens with two attached hydrogens (primary N) is 1.